The first-order valence-corrected chi connectivity index (χ1v) is 4.67. The van der Waals surface area contributed by atoms with Crippen molar-refractivity contribution in [2.24, 2.45) is 0 Å². The molecule has 4 heteroatoms. The van der Waals surface area contributed by atoms with Crippen LogP contribution >= 0.6 is 15.9 Å². The third-order valence-corrected chi connectivity index (χ3v) is 2.60. The third-order valence-electron chi connectivity index (χ3n) is 2.02. The van der Waals surface area contributed by atoms with Crippen molar-refractivity contribution >= 4 is 27.3 Å². The molecule has 0 unspecified atom stereocenters. The van der Waals surface area contributed by atoms with E-state index in [1.165, 1.54) is 5.69 Å². The summed E-state index contributed by atoms with van der Waals surface area (Å²) in [6, 6.07) is 0. The van der Waals surface area contributed by atoms with Gasteiger partial charge in [-0.15, -0.1) is 0 Å². The maximum atomic E-state index is 4.10. The van der Waals surface area contributed by atoms with Crippen LogP contribution in [0.5, 0.6) is 0 Å². The van der Waals surface area contributed by atoms with E-state index in [1.807, 2.05) is 12.4 Å². The minimum atomic E-state index is 0.988. The van der Waals surface area contributed by atoms with E-state index in [1.54, 1.807) is 0 Å². The van der Waals surface area contributed by atoms with Gasteiger partial charge in [-0.1, -0.05) is 0 Å². The molecule has 1 aliphatic heterocycles. The van der Waals surface area contributed by atoms with Crippen molar-refractivity contribution < 1.29 is 0 Å². The lowest BCUT2D eigenvalue weighted by atomic mass is 10.2. The van der Waals surface area contributed by atoms with Crippen molar-refractivity contribution in [1.29, 1.82) is 0 Å². The Hall–Kier alpha value is -0.770. The molecule has 0 fully saturated rings. The van der Waals surface area contributed by atoms with Crippen LogP contribution in [0.4, 0.5) is 11.4 Å². The van der Waals surface area contributed by atoms with Crippen LogP contribution in [0.3, 0.4) is 0 Å². The molecule has 1 aliphatic rings. The molecule has 2 rings (SSSR count). The molecule has 3 nitrogen and oxygen atoms in total. The van der Waals surface area contributed by atoms with Gasteiger partial charge in [-0.25, -0.2) is 0 Å². The second kappa shape index (κ2) is 2.94. The number of anilines is 2. The van der Waals surface area contributed by atoms with Gasteiger partial charge < -0.3 is 10.2 Å². The van der Waals surface area contributed by atoms with Gasteiger partial charge in [0.15, 0.2) is 0 Å². The van der Waals surface area contributed by atoms with Crippen molar-refractivity contribution in [3.8, 4) is 0 Å². The number of hydrogen-bond donors (Lipinski definition) is 1. The number of aromatic nitrogens is 1. The van der Waals surface area contributed by atoms with Crippen molar-refractivity contribution in [3.05, 3.63) is 16.9 Å². The fourth-order valence-electron chi connectivity index (χ4n) is 1.42. The molecule has 2 heterocycles. The summed E-state index contributed by atoms with van der Waals surface area (Å²) in [5.74, 6) is 0. The number of nitrogens with zero attached hydrogens (tertiary/aromatic N) is 2. The quantitative estimate of drug-likeness (QED) is 0.732. The highest BCUT2D eigenvalue weighted by Crippen LogP contribution is 2.33. The molecule has 0 spiro atoms. The van der Waals surface area contributed by atoms with Gasteiger partial charge in [0.05, 0.1) is 22.0 Å². The fraction of sp³-hybridized carbons (Fsp3) is 0.375. The summed E-state index contributed by atoms with van der Waals surface area (Å²) in [6.07, 6.45) is 3.68. The molecule has 0 amide bonds. The summed E-state index contributed by atoms with van der Waals surface area (Å²) < 4.78 is 1.05. The molecule has 0 saturated carbocycles. The van der Waals surface area contributed by atoms with Crippen LogP contribution in [0.15, 0.2) is 16.9 Å². The SMILES string of the molecule is CN1CCNc2cncc(Br)c21. The predicted molar refractivity (Wildman–Crippen MR) is 53.7 cm³/mol. The Morgan fingerprint density at radius 3 is 3.17 bits per heavy atom. The summed E-state index contributed by atoms with van der Waals surface area (Å²) >= 11 is 3.48. The summed E-state index contributed by atoms with van der Waals surface area (Å²) in [6.45, 7) is 2.03. The largest absolute Gasteiger partial charge is 0.380 e. The maximum Gasteiger partial charge on any atom is 0.0776 e. The Morgan fingerprint density at radius 2 is 2.42 bits per heavy atom. The highest BCUT2D eigenvalue weighted by molar-refractivity contribution is 9.10. The first-order chi connectivity index (χ1) is 5.79. The zero-order valence-corrected chi connectivity index (χ0v) is 8.43. The van der Waals surface area contributed by atoms with Gasteiger partial charge >= 0.3 is 0 Å². The molecule has 0 saturated heterocycles. The Bertz CT molecular complexity index is 300. The van der Waals surface area contributed by atoms with Gasteiger partial charge in [0, 0.05) is 26.3 Å². The number of fused-ring (bicyclic) bond motifs is 1. The Morgan fingerprint density at radius 1 is 1.58 bits per heavy atom. The summed E-state index contributed by atoms with van der Waals surface area (Å²) in [4.78, 5) is 6.32. The molecule has 0 radical (unpaired) electrons. The topological polar surface area (TPSA) is 28.2 Å². The molecule has 64 valence electrons. The van der Waals surface area contributed by atoms with Gasteiger partial charge in [-0.05, 0) is 15.9 Å². The highest BCUT2D eigenvalue weighted by Gasteiger charge is 2.15. The van der Waals surface area contributed by atoms with Crippen LogP contribution in [0.25, 0.3) is 0 Å². The summed E-state index contributed by atoms with van der Waals surface area (Å²) in [7, 11) is 2.09. The van der Waals surface area contributed by atoms with Crippen LogP contribution in [0.2, 0.25) is 0 Å². The van der Waals surface area contributed by atoms with Gasteiger partial charge in [0.2, 0.25) is 0 Å². The molecule has 0 bridgehead atoms. The summed E-state index contributed by atoms with van der Waals surface area (Å²) in [5, 5.41) is 3.30. The molecule has 0 aliphatic carbocycles. The monoisotopic (exact) mass is 227 g/mol. The number of nitrogens with one attached hydrogen (secondary N) is 1. The first-order valence-electron chi connectivity index (χ1n) is 3.87. The molecule has 1 aromatic rings. The standard InChI is InChI=1S/C8H10BrN3/c1-12-3-2-11-7-5-10-4-6(9)8(7)12/h4-5,11H,2-3H2,1H3. The van der Waals surface area contributed by atoms with Crippen LogP contribution in [0, 0.1) is 0 Å². The van der Waals surface area contributed by atoms with E-state index in [0.717, 1.165) is 23.2 Å². The second-order valence-electron chi connectivity index (χ2n) is 2.87. The van der Waals surface area contributed by atoms with Crippen molar-refractivity contribution in [3.63, 3.8) is 0 Å². The van der Waals surface area contributed by atoms with Gasteiger partial charge in [0.1, 0.15) is 0 Å². The lowest BCUT2D eigenvalue weighted by molar-refractivity contribution is 0.880. The maximum absolute atomic E-state index is 4.10. The molecular formula is C8H10BrN3. The van der Waals surface area contributed by atoms with Gasteiger partial charge in [-0.2, -0.15) is 0 Å². The summed E-state index contributed by atoms with van der Waals surface area (Å²) in [5.41, 5.74) is 2.31. The Labute approximate surface area is 79.9 Å². The Balaban J connectivity index is 2.53. The molecule has 0 atom stereocenters. The number of pyridine rings is 1. The third kappa shape index (κ3) is 1.16. The van der Waals surface area contributed by atoms with Gasteiger partial charge in [0.25, 0.3) is 0 Å². The minimum Gasteiger partial charge on any atom is -0.380 e. The van der Waals surface area contributed by atoms with Crippen molar-refractivity contribution in [2.75, 3.05) is 30.4 Å². The number of rotatable bonds is 0. The Kier molecular flexibility index (Phi) is 1.92. The highest BCUT2D eigenvalue weighted by atomic mass is 79.9. The fourth-order valence-corrected chi connectivity index (χ4v) is 2.05. The number of likely N-dealkylation sites (N-methyl/N-ethyl adjacent to an activating group) is 1. The average molecular weight is 228 g/mol. The molecule has 1 N–H and O–H groups in total. The van der Waals surface area contributed by atoms with Crippen molar-refractivity contribution in [1.82, 2.24) is 4.98 Å². The lowest BCUT2D eigenvalue weighted by Gasteiger charge is -2.28. The zero-order chi connectivity index (χ0) is 8.55. The predicted octanol–water partition coefficient (Wildman–Crippen LogP) is 1.71. The van der Waals surface area contributed by atoms with E-state index in [9.17, 15) is 0 Å². The number of hydrogen-bond acceptors (Lipinski definition) is 3. The lowest BCUT2D eigenvalue weighted by Crippen LogP contribution is -2.30. The van der Waals surface area contributed by atoms with Crippen LogP contribution in [-0.2, 0) is 0 Å². The van der Waals surface area contributed by atoms with Crippen LogP contribution in [0.1, 0.15) is 0 Å². The van der Waals surface area contributed by atoms with Gasteiger partial charge in [-0.3, -0.25) is 4.98 Å². The molecule has 0 aromatic carbocycles. The van der Waals surface area contributed by atoms with Crippen molar-refractivity contribution in [2.45, 2.75) is 0 Å². The van der Waals surface area contributed by atoms with E-state index < -0.39 is 0 Å². The average Bonchev–Trinajstić information content (AvgIpc) is 2.04. The normalized spacial score (nSPS) is 15.3. The zero-order valence-electron chi connectivity index (χ0n) is 6.84. The van der Waals surface area contributed by atoms with Crippen LogP contribution < -0.4 is 10.2 Å². The van der Waals surface area contributed by atoms with Crippen LogP contribution in [-0.4, -0.2) is 25.1 Å². The van der Waals surface area contributed by atoms with E-state index >= 15 is 0 Å². The van der Waals surface area contributed by atoms with E-state index in [0.29, 0.717) is 0 Å². The van der Waals surface area contributed by atoms with E-state index in [2.05, 4.69) is 38.2 Å². The molecule has 1 aromatic heterocycles. The van der Waals surface area contributed by atoms with E-state index in [4.69, 9.17) is 0 Å². The minimum absolute atomic E-state index is 0.988. The first kappa shape index (κ1) is 7.86. The number of halogens is 1. The smallest absolute Gasteiger partial charge is 0.0776 e. The molecule has 12 heavy (non-hydrogen) atoms. The molecular weight excluding hydrogens is 218 g/mol. The van der Waals surface area contributed by atoms with E-state index in [-0.39, 0.29) is 0 Å². The second-order valence-corrected chi connectivity index (χ2v) is 3.72.